The van der Waals surface area contributed by atoms with Gasteiger partial charge in [0.2, 0.25) is 0 Å². The molecule has 2 N–H and O–H groups in total. The number of carbonyl (C=O) groups excluding carboxylic acids is 1. The van der Waals surface area contributed by atoms with Crippen molar-refractivity contribution in [3.05, 3.63) is 65.9 Å². The number of methoxy groups -OCH3 is 2. The maximum Gasteiger partial charge on any atom is 0.267 e. The number of rotatable bonds is 8. The maximum absolute atomic E-state index is 12.1. The van der Waals surface area contributed by atoms with Crippen LogP contribution in [-0.4, -0.2) is 26.7 Å². The third-order valence-corrected chi connectivity index (χ3v) is 3.68. The van der Waals surface area contributed by atoms with E-state index in [4.69, 9.17) is 9.47 Å². The highest BCUT2D eigenvalue weighted by atomic mass is 16.5. The first-order chi connectivity index (χ1) is 12.7. The van der Waals surface area contributed by atoms with Gasteiger partial charge in [0.15, 0.2) is 0 Å². The van der Waals surface area contributed by atoms with E-state index in [1.807, 2.05) is 30.3 Å². The molecule has 6 nitrogen and oxygen atoms in total. The predicted octanol–water partition coefficient (Wildman–Crippen LogP) is 2.88. The van der Waals surface area contributed by atoms with Crippen molar-refractivity contribution in [3.8, 4) is 17.6 Å². The van der Waals surface area contributed by atoms with Crippen molar-refractivity contribution in [3.63, 3.8) is 0 Å². The summed E-state index contributed by atoms with van der Waals surface area (Å²) < 4.78 is 10.2. The number of hydrogen-bond acceptors (Lipinski definition) is 5. The molecule has 0 spiro atoms. The Hall–Kier alpha value is -3.46. The molecule has 0 aliphatic rings. The first-order valence-corrected chi connectivity index (χ1v) is 8.08. The standard InChI is InChI=1S/C20H21N3O3/c1-25-18-7-3-15(4-8-18)11-12-22-14-16(13-21)20(24)23-17-5-9-19(26-2)10-6-17/h3-10,14,22H,11-12H2,1-2H3,(H,23,24)/b16-14-. The number of nitrogens with zero attached hydrogens (tertiary/aromatic N) is 1. The van der Waals surface area contributed by atoms with E-state index >= 15 is 0 Å². The molecule has 0 bridgehead atoms. The van der Waals surface area contributed by atoms with Gasteiger partial charge < -0.3 is 20.1 Å². The topological polar surface area (TPSA) is 83.4 Å². The molecule has 0 atom stereocenters. The van der Waals surface area contributed by atoms with E-state index in [-0.39, 0.29) is 5.57 Å². The van der Waals surface area contributed by atoms with Gasteiger partial charge in [-0.1, -0.05) is 12.1 Å². The van der Waals surface area contributed by atoms with Gasteiger partial charge in [0.1, 0.15) is 23.1 Å². The third-order valence-electron chi connectivity index (χ3n) is 3.68. The lowest BCUT2D eigenvalue weighted by Crippen LogP contribution is -2.18. The molecule has 0 radical (unpaired) electrons. The molecule has 1 amide bonds. The predicted molar refractivity (Wildman–Crippen MR) is 100 cm³/mol. The van der Waals surface area contributed by atoms with Gasteiger partial charge in [-0.05, 0) is 48.4 Å². The Bertz CT molecular complexity index is 791. The van der Waals surface area contributed by atoms with Crippen molar-refractivity contribution in [2.45, 2.75) is 6.42 Å². The largest absolute Gasteiger partial charge is 0.497 e. The second-order valence-electron chi connectivity index (χ2n) is 5.40. The van der Waals surface area contributed by atoms with Crippen LogP contribution in [0.4, 0.5) is 5.69 Å². The lowest BCUT2D eigenvalue weighted by atomic mass is 10.1. The summed E-state index contributed by atoms with van der Waals surface area (Å²) in [7, 11) is 3.20. The van der Waals surface area contributed by atoms with Crippen LogP contribution in [0, 0.1) is 11.3 Å². The van der Waals surface area contributed by atoms with Crippen LogP contribution in [0.3, 0.4) is 0 Å². The quantitative estimate of drug-likeness (QED) is 0.434. The van der Waals surface area contributed by atoms with Gasteiger partial charge >= 0.3 is 0 Å². The fraction of sp³-hybridized carbons (Fsp3) is 0.200. The zero-order chi connectivity index (χ0) is 18.8. The molecule has 0 saturated heterocycles. The smallest absolute Gasteiger partial charge is 0.267 e. The highest BCUT2D eigenvalue weighted by Crippen LogP contribution is 2.15. The molecule has 0 aliphatic carbocycles. The molecular weight excluding hydrogens is 330 g/mol. The SMILES string of the molecule is COc1ccc(CCN/C=C(/C#N)C(=O)Nc2ccc(OC)cc2)cc1. The number of hydrogen-bond donors (Lipinski definition) is 2. The zero-order valence-corrected chi connectivity index (χ0v) is 14.8. The van der Waals surface area contributed by atoms with Gasteiger partial charge in [-0.25, -0.2) is 0 Å². The highest BCUT2D eigenvalue weighted by Gasteiger charge is 2.09. The van der Waals surface area contributed by atoms with Gasteiger partial charge in [-0.2, -0.15) is 5.26 Å². The van der Waals surface area contributed by atoms with Crippen LogP contribution in [0.25, 0.3) is 0 Å². The molecule has 0 heterocycles. The second-order valence-corrected chi connectivity index (χ2v) is 5.40. The minimum absolute atomic E-state index is 0.00977. The molecule has 2 aromatic carbocycles. The van der Waals surface area contributed by atoms with Crippen molar-refractivity contribution in [2.24, 2.45) is 0 Å². The fourth-order valence-corrected chi connectivity index (χ4v) is 2.20. The molecule has 0 unspecified atom stereocenters. The lowest BCUT2D eigenvalue weighted by Gasteiger charge is -2.06. The van der Waals surface area contributed by atoms with Crippen LogP contribution >= 0.6 is 0 Å². The zero-order valence-electron chi connectivity index (χ0n) is 14.8. The highest BCUT2D eigenvalue weighted by molar-refractivity contribution is 6.06. The molecule has 134 valence electrons. The third kappa shape index (κ3) is 5.56. The molecule has 0 aromatic heterocycles. The normalized spacial score (nSPS) is 10.6. The van der Waals surface area contributed by atoms with E-state index in [0.717, 1.165) is 17.7 Å². The first kappa shape index (κ1) is 18.9. The monoisotopic (exact) mass is 351 g/mol. The first-order valence-electron chi connectivity index (χ1n) is 8.08. The van der Waals surface area contributed by atoms with E-state index in [2.05, 4.69) is 10.6 Å². The number of ether oxygens (including phenoxy) is 2. The Morgan fingerprint density at radius 2 is 1.62 bits per heavy atom. The number of amides is 1. The van der Waals surface area contributed by atoms with Crippen molar-refractivity contribution < 1.29 is 14.3 Å². The Morgan fingerprint density at radius 1 is 1.04 bits per heavy atom. The number of anilines is 1. The van der Waals surface area contributed by atoms with Gasteiger partial charge in [0.05, 0.1) is 14.2 Å². The summed E-state index contributed by atoms with van der Waals surface area (Å²) in [4.78, 5) is 12.1. The van der Waals surface area contributed by atoms with Crippen LogP contribution in [-0.2, 0) is 11.2 Å². The van der Waals surface area contributed by atoms with E-state index in [0.29, 0.717) is 18.0 Å². The van der Waals surface area contributed by atoms with E-state index < -0.39 is 5.91 Å². The van der Waals surface area contributed by atoms with Crippen LogP contribution < -0.4 is 20.1 Å². The minimum Gasteiger partial charge on any atom is -0.497 e. The molecule has 26 heavy (non-hydrogen) atoms. The Morgan fingerprint density at radius 3 is 2.15 bits per heavy atom. The lowest BCUT2D eigenvalue weighted by molar-refractivity contribution is -0.112. The summed E-state index contributed by atoms with van der Waals surface area (Å²) in [5, 5.41) is 14.9. The van der Waals surface area contributed by atoms with Crippen LogP contribution in [0.5, 0.6) is 11.5 Å². The molecule has 6 heteroatoms. The molecule has 2 aromatic rings. The second kappa shape index (κ2) is 9.74. The number of nitriles is 1. The minimum atomic E-state index is -0.463. The van der Waals surface area contributed by atoms with Crippen LogP contribution in [0.15, 0.2) is 60.3 Å². The summed E-state index contributed by atoms with van der Waals surface area (Å²) in [5.41, 5.74) is 1.73. The van der Waals surface area contributed by atoms with Crippen molar-refractivity contribution in [2.75, 3.05) is 26.1 Å². The van der Waals surface area contributed by atoms with Gasteiger partial charge in [0.25, 0.3) is 5.91 Å². The molecular formula is C20H21N3O3. The van der Waals surface area contributed by atoms with Crippen molar-refractivity contribution in [1.82, 2.24) is 5.32 Å². The van der Waals surface area contributed by atoms with Gasteiger partial charge in [-0.15, -0.1) is 0 Å². The Kier molecular flexibility index (Phi) is 7.07. The molecule has 0 fully saturated rings. The van der Waals surface area contributed by atoms with E-state index in [1.54, 1.807) is 38.5 Å². The van der Waals surface area contributed by atoms with E-state index in [9.17, 15) is 10.1 Å². The summed E-state index contributed by atoms with van der Waals surface area (Å²) in [5.74, 6) is 1.04. The summed E-state index contributed by atoms with van der Waals surface area (Å²) in [6, 6.07) is 16.5. The number of benzene rings is 2. The summed E-state index contributed by atoms with van der Waals surface area (Å²) in [6.45, 7) is 0.604. The number of carbonyl (C=O) groups is 1. The molecule has 0 saturated carbocycles. The maximum atomic E-state index is 12.1. The van der Waals surface area contributed by atoms with Crippen LogP contribution in [0.2, 0.25) is 0 Å². The average Bonchev–Trinajstić information content (AvgIpc) is 2.69. The molecule has 2 rings (SSSR count). The summed E-state index contributed by atoms with van der Waals surface area (Å²) in [6.07, 6.45) is 2.20. The van der Waals surface area contributed by atoms with Gasteiger partial charge in [-0.3, -0.25) is 4.79 Å². The number of nitrogens with one attached hydrogen (secondary N) is 2. The average molecular weight is 351 g/mol. The summed E-state index contributed by atoms with van der Waals surface area (Å²) >= 11 is 0. The van der Waals surface area contributed by atoms with Gasteiger partial charge in [0, 0.05) is 18.4 Å². The molecule has 0 aliphatic heterocycles. The Labute approximate surface area is 153 Å². The Balaban J connectivity index is 1.85. The fourth-order valence-electron chi connectivity index (χ4n) is 2.20. The van der Waals surface area contributed by atoms with Crippen molar-refractivity contribution in [1.29, 1.82) is 5.26 Å². The van der Waals surface area contributed by atoms with Crippen molar-refractivity contribution >= 4 is 11.6 Å². The van der Waals surface area contributed by atoms with Crippen LogP contribution in [0.1, 0.15) is 5.56 Å². The van der Waals surface area contributed by atoms with E-state index in [1.165, 1.54) is 6.20 Å².